The molecule has 1 atom stereocenters. The highest BCUT2D eigenvalue weighted by molar-refractivity contribution is 14.1. The second kappa shape index (κ2) is 6.38. The van der Waals surface area contributed by atoms with Crippen molar-refractivity contribution in [2.45, 2.75) is 26.3 Å². The van der Waals surface area contributed by atoms with Crippen LogP contribution in [0.5, 0.6) is 0 Å². The zero-order chi connectivity index (χ0) is 13.0. The second-order valence-electron chi connectivity index (χ2n) is 4.39. The number of likely N-dealkylation sites (N-methyl/N-ethyl adjacent to an activating group) is 1. The summed E-state index contributed by atoms with van der Waals surface area (Å²) in [6.07, 6.45) is 0.956. The van der Waals surface area contributed by atoms with Gasteiger partial charge < -0.3 is 9.73 Å². The third kappa shape index (κ3) is 3.59. The minimum absolute atomic E-state index is 0.253. The third-order valence-electron chi connectivity index (χ3n) is 2.91. The minimum Gasteiger partial charge on any atom is -0.465 e. The van der Waals surface area contributed by atoms with Crippen molar-refractivity contribution >= 4 is 22.6 Å². The molecule has 18 heavy (non-hydrogen) atoms. The Morgan fingerprint density at radius 2 is 1.89 bits per heavy atom. The van der Waals surface area contributed by atoms with Crippen LogP contribution in [0.25, 0.3) is 0 Å². The molecule has 0 aliphatic carbocycles. The zero-order valence-electron chi connectivity index (χ0n) is 10.7. The van der Waals surface area contributed by atoms with Gasteiger partial charge in [-0.1, -0.05) is 19.1 Å². The fourth-order valence-electron chi connectivity index (χ4n) is 2.02. The molecule has 1 heterocycles. The smallest absolute Gasteiger partial charge is 0.121 e. The number of nitrogens with one attached hydrogen (secondary N) is 1. The van der Waals surface area contributed by atoms with Crippen LogP contribution in [-0.4, -0.2) is 6.54 Å². The van der Waals surface area contributed by atoms with Crippen molar-refractivity contribution in [2.75, 3.05) is 6.54 Å². The summed E-state index contributed by atoms with van der Waals surface area (Å²) in [7, 11) is 0. The lowest BCUT2D eigenvalue weighted by atomic mass is 10.0. The Hall–Kier alpha value is -0.810. The first-order valence-corrected chi connectivity index (χ1v) is 7.31. The van der Waals surface area contributed by atoms with Crippen LogP contribution in [-0.2, 0) is 6.42 Å². The van der Waals surface area contributed by atoms with Gasteiger partial charge in [0.15, 0.2) is 0 Å². The van der Waals surface area contributed by atoms with Gasteiger partial charge in [0.05, 0.1) is 6.04 Å². The van der Waals surface area contributed by atoms with Crippen molar-refractivity contribution in [1.29, 1.82) is 0 Å². The molecule has 2 rings (SSSR count). The molecule has 0 saturated heterocycles. The van der Waals surface area contributed by atoms with Gasteiger partial charge in [-0.05, 0) is 72.3 Å². The van der Waals surface area contributed by atoms with Gasteiger partial charge in [-0.15, -0.1) is 0 Å². The van der Waals surface area contributed by atoms with Crippen molar-refractivity contribution in [2.24, 2.45) is 0 Å². The fraction of sp³-hybridized carbons (Fsp3) is 0.333. The zero-order valence-corrected chi connectivity index (χ0v) is 12.9. The summed E-state index contributed by atoms with van der Waals surface area (Å²) in [5.74, 6) is 1.99. The first-order chi connectivity index (χ1) is 8.69. The molecular weight excluding hydrogens is 337 g/mol. The normalized spacial score (nSPS) is 12.6. The number of aryl methyl sites for hydroxylation is 1. The highest BCUT2D eigenvalue weighted by atomic mass is 127. The average molecular weight is 355 g/mol. The van der Waals surface area contributed by atoms with Gasteiger partial charge in [0.25, 0.3) is 0 Å². The number of rotatable bonds is 5. The molecule has 2 aromatic rings. The van der Waals surface area contributed by atoms with Crippen molar-refractivity contribution in [3.05, 3.63) is 57.1 Å². The van der Waals surface area contributed by atoms with E-state index < -0.39 is 0 Å². The number of halogens is 1. The molecule has 2 nitrogen and oxygen atoms in total. The standard InChI is InChI=1S/C15H18INO/c1-3-17-14(15-9-4-11(2)18-15)10-12-5-7-13(16)8-6-12/h4-9,14,17H,3,10H2,1-2H3. The van der Waals surface area contributed by atoms with E-state index in [4.69, 9.17) is 4.42 Å². The Morgan fingerprint density at radius 3 is 2.44 bits per heavy atom. The van der Waals surface area contributed by atoms with E-state index in [1.165, 1.54) is 9.13 Å². The summed E-state index contributed by atoms with van der Waals surface area (Å²) < 4.78 is 7.00. The molecule has 0 radical (unpaired) electrons. The number of hydrogen-bond donors (Lipinski definition) is 1. The van der Waals surface area contributed by atoms with Crippen molar-refractivity contribution in [1.82, 2.24) is 5.32 Å². The number of furan rings is 1. The summed E-state index contributed by atoms with van der Waals surface area (Å²) in [6.45, 7) is 5.04. The van der Waals surface area contributed by atoms with Crippen LogP contribution in [0.15, 0.2) is 40.8 Å². The van der Waals surface area contributed by atoms with E-state index in [2.05, 4.69) is 65.2 Å². The molecule has 0 aliphatic heterocycles. The Balaban J connectivity index is 2.13. The molecule has 0 fully saturated rings. The fourth-order valence-corrected chi connectivity index (χ4v) is 2.38. The molecule has 1 aromatic carbocycles. The lowest BCUT2D eigenvalue weighted by molar-refractivity contribution is 0.403. The number of hydrogen-bond acceptors (Lipinski definition) is 2. The van der Waals surface area contributed by atoms with E-state index in [0.29, 0.717) is 0 Å². The summed E-state index contributed by atoms with van der Waals surface area (Å²) in [5, 5.41) is 3.48. The topological polar surface area (TPSA) is 25.2 Å². The molecule has 0 amide bonds. The summed E-state index contributed by atoms with van der Waals surface area (Å²) in [4.78, 5) is 0. The quantitative estimate of drug-likeness (QED) is 0.818. The van der Waals surface area contributed by atoms with Crippen LogP contribution in [0.3, 0.4) is 0 Å². The molecular formula is C15H18INO. The molecule has 0 aliphatic rings. The molecule has 1 N–H and O–H groups in total. The Bertz CT molecular complexity index is 489. The minimum atomic E-state index is 0.253. The maximum absolute atomic E-state index is 5.73. The van der Waals surface area contributed by atoms with E-state index in [0.717, 1.165) is 24.5 Å². The van der Waals surface area contributed by atoms with E-state index in [-0.39, 0.29) is 6.04 Å². The first kappa shape index (κ1) is 13.6. The van der Waals surface area contributed by atoms with Gasteiger partial charge in [0, 0.05) is 3.57 Å². The first-order valence-electron chi connectivity index (χ1n) is 6.23. The maximum atomic E-state index is 5.73. The SMILES string of the molecule is CCNC(Cc1ccc(I)cc1)c1ccc(C)o1. The molecule has 0 bridgehead atoms. The van der Waals surface area contributed by atoms with Gasteiger partial charge in [-0.3, -0.25) is 0 Å². The van der Waals surface area contributed by atoms with Crippen LogP contribution in [0, 0.1) is 10.5 Å². The van der Waals surface area contributed by atoms with E-state index in [1.54, 1.807) is 0 Å². The monoisotopic (exact) mass is 355 g/mol. The third-order valence-corrected chi connectivity index (χ3v) is 3.63. The molecule has 3 heteroatoms. The summed E-state index contributed by atoms with van der Waals surface area (Å²) in [6, 6.07) is 13.0. The van der Waals surface area contributed by atoms with Crippen LogP contribution in [0.4, 0.5) is 0 Å². The van der Waals surface area contributed by atoms with Crippen LogP contribution in [0.1, 0.15) is 30.0 Å². The second-order valence-corrected chi connectivity index (χ2v) is 5.63. The van der Waals surface area contributed by atoms with E-state index in [9.17, 15) is 0 Å². The Kier molecular flexibility index (Phi) is 4.83. The highest BCUT2D eigenvalue weighted by Crippen LogP contribution is 2.21. The predicted molar refractivity (Wildman–Crippen MR) is 82.7 cm³/mol. The lowest BCUT2D eigenvalue weighted by Crippen LogP contribution is -2.22. The molecule has 96 valence electrons. The van der Waals surface area contributed by atoms with Crippen molar-refractivity contribution in [3.63, 3.8) is 0 Å². The Morgan fingerprint density at radius 1 is 1.17 bits per heavy atom. The maximum Gasteiger partial charge on any atom is 0.121 e. The molecule has 0 spiro atoms. The van der Waals surface area contributed by atoms with Gasteiger partial charge in [0.1, 0.15) is 11.5 Å². The van der Waals surface area contributed by atoms with Crippen molar-refractivity contribution < 1.29 is 4.42 Å². The Labute approximate surface area is 122 Å². The lowest BCUT2D eigenvalue weighted by Gasteiger charge is -2.15. The van der Waals surface area contributed by atoms with Gasteiger partial charge >= 0.3 is 0 Å². The summed E-state index contributed by atoms with van der Waals surface area (Å²) in [5.41, 5.74) is 1.33. The van der Waals surface area contributed by atoms with Crippen LogP contribution >= 0.6 is 22.6 Å². The van der Waals surface area contributed by atoms with Crippen molar-refractivity contribution in [3.8, 4) is 0 Å². The predicted octanol–water partition coefficient (Wildman–Crippen LogP) is 4.09. The molecule has 1 unspecified atom stereocenters. The molecule has 0 saturated carbocycles. The highest BCUT2D eigenvalue weighted by Gasteiger charge is 2.14. The van der Waals surface area contributed by atoms with Gasteiger partial charge in [0.2, 0.25) is 0 Å². The largest absolute Gasteiger partial charge is 0.465 e. The van der Waals surface area contributed by atoms with Crippen LogP contribution < -0.4 is 5.32 Å². The van der Waals surface area contributed by atoms with E-state index in [1.807, 2.05) is 13.0 Å². The number of benzene rings is 1. The van der Waals surface area contributed by atoms with Gasteiger partial charge in [-0.2, -0.15) is 0 Å². The van der Waals surface area contributed by atoms with Gasteiger partial charge in [-0.25, -0.2) is 0 Å². The summed E-state index contributed by atoms with van der Waals surface area (Å²) >= 11 is 2.33. The van der Waals surface area contributed by atoms with E-state index >= 15 is 0 Å². The van der Waals surface area contributed by atoms with Crippen LogP contribution in [0.2, 0.25) is 0 Å². The molecule has 1 aromatic heterocycles. The average Bonchev–Trinajstić information content (AvgIpc) is 2.78.